The molecule has 0 heterocycles. The second kappa shape index (κ2) is 7.15. The van der Waals surface area contributed by atoms with Crippen LogP contribution in [0.5, 0.6) is 0 Å². The Morgan fingerprint density at radius 1 is 1.09 bits per heavy atom. The third-order valence-corrected chi connectivity index (χ3v) is 1.33. The first kappa shape index (κ1) is 10.0. The lowest BCUT2D eigenvalue weighted by atomic mass is 10.4. The van der Waals surface area contributed by atoms with Gasteiger partial charge in [0.05, 0.1) is 0 Å². The first-order valence-electron chi connectivity index (χ1n) is 3.15. The van der Waals surface area contributed by atoms with Crippen LogP contribution in [0.1, 0.15) is 0 Å². The molecule has 0 bridgehead atoms. The fraction of sp³-hybridized carbons (Fsp3) is 0.125. The van der Waals surface area contributed by atoms with Gasteiger partial charge in [0.1, 0.15) is 0 Å². The third kappa shape index (κ3) is 9.04. The number of thioether (sulfide) groups is 1. The molecule has 0 aliphatic carbocycles. The van der Waals surface area contributed by atoms with E-state index < -0.39 is 0 Å². The lowest BCUT2D eigenvalue weighted by Gasteiger charge is -1.78. The predicted octanol–water partition coefficient (Wildman–Crippen LogP) is 1.93. The zero-order chi connectivity index (χ0) is 8.53. The molecule has 3 heteroatoms. The van der Waals surface area contributed by atoms with Crippen LogP contribution < -0.4 is 5.73 Å². The van der Waals surface area contributed by atoms with E-state index in [-0.39, 0.29) is 5.17 Å². The van der Waals surface area contributed by atoms with E-state index in [1.54, 1.807) is 6.26 Å². The fourth-order valence-corrected chi connectivity index (χ4v) is 0.385. The van der Waals surface area contributed by atoms with Crippen molar-refractivity contribution in [3.8, 4) is 0 Å². The smallest absolute Gasteiger partial charge is 0.150 e. The average molecular weight is 168 g/mol. The Hall–Kier alpha value is -0.960. The van der Waals surface area contributed by atoms with Gasteiger partial charge < -0.3 is 5.73 Å². The maximum absolute atomic E-state index is 6.48. The van der Waals surface area contributed by atoms with Crippen LogP contribution in [-0.4, -0.2) is 11.4 Å². The first-order chi connectivity index (χ1) is 5.27. The number of benzene rings is 1. The molecule has 1 rings (SSSR count). The summed E-state index contributed by atoms with van der Waals surface area (Å²) in [4.78, 5) is 0. The van der Waals surface area contributed by atoms with Crippen LogP contribution in [0, 0.1) is 5.41 Å². The van der Waals surface area contributed by atoms with Crippen LogP contribution in [0.25, 0.3) is 0 Å². The van der Waals surface area contributed by atoms with E-state index in [1.807, 2.05) is 36.4 Å². The number of hydrogen-bond acceptors (Lipinski definition) is 2. The molecule has 0 fully saturated rings. The Bertz CT molecular complexity index is 160. The maximum Gasteiger partial charge on any atom is 0.150 e. The molecule has 1 aromatic rings. The van der Waals surface area contributed by atoms with Gasteiger partial charge in [-0.05, 0) is 6.26 Å². The Morgan fingerprint density at radius 2 is 1.27 bits per heavy atom. The van der Waals surface area contributed by atoms with Crippen molar-refractivity contribution in [3.63, 3.8) is 0 Å². The summed E-state index contributed by atoms with van der Waals surface area (Å²) in [6.45, 7) is 0. The van der Waals surface area contributed by atoms with E-state index in [0.29, 0.717) is 0 Å². The highest BCUT2D eigenvalue weighted by Crippen LogP contribution is 1.83. The molecule has 0 amide bonds. The molecular formula is C8H12N2S. The zero-order valence-corrected chi connectivity index (χ0v) is 7.27. The van der Waals surface area contributed by atoms with Gasteiger partial charge in [0.2, 0.25) is 0 Å². The summed E-state index contributed by atoms with van der Waals surface area (Å²) >= 11 is 1.24. The molecule has 0 aliphatic heterocycles. The quantitative estimate of drug-likeness (QED) is 0.459. The van der Waals surface area contributed by atoms with Gasteiger partial charge in [-0.3, -0.25) is 5.41 Å². The van der Waals surface area contributed by atoms with E-state index in [4.69, 9.17) is 11.1 Å². The SMILES string of the molecule is CSC(=N)N.c1ccccc1. The molecule has 3 N–H and O–H groups in total. The molecule has 0 atom stereocenters. The largest absolute Gasteiger partial charge is 0.379 e. The van der Waals surface area contributed by atoms with Crippen LogP contribution in [0.2, 0.25) is 0 Å². The summed E-state index contributed by atoms with van der Waals surface area (Å²) in [6.07, 6.45) is 1.77. The summed E-state index contributed by atoms with van der Waals surface area (Å²) in [6, 6.07) is 12.0. The van der Waals surface area contributed by atoms with Crippen molar-refractivity contribution in [3.05, 3.63) is 36.4 Å². The monoisotopic (exact) mass is 168 g/mol. The van der Waals surface area contributed by atoms with Gasteiger partial charge >= 0.3 is 0 Å². The molecule has 11 heavy (non-hydrogen) atoms. The third-order valence-electron chi connectivity index (χ3n) is 0.887. The Morgan fingerprint density at radius 3 is 1.36 bits per heavy atom. The highest BCUT2D eigenvalue weighted by molar-refractivity contribution is 8.13. The molecule has 0 unspecified atom stereocenters. The van der Waals surface area contributed by atoms with Crippen molar-refractivity contribution in [2.24, 2.45) is 5.73 Å². The fourth-order valence-electron chi connectivity index (χ4n) is 0.385. The van der Waals surface area contributed by atoms with E-state index in [1.165, 1.54) is 11.8 Å². The highest BCUT2D eigenvalue weighted by atomic mass is 32.2. The molecule has 0 aliphatic rings. The molecule has 0 radical (unpaired) electrons. The van der Waals surface area contributed by atoms with Gasteiger partial charge in [-0.2, -0.15) is 0 Å². The standard InChI is InChI=1S/C6H6.C2H6N2S/c1-2-4-6-5-3-1;1-5-2(3)4/h1-6H;1H3,(H3,3,4). The Labute approximate surface area is 71.3 Å². The molecule has 2 nitrogen and oxygen atoms in total. The van der Waals surface area contributed by atoms with Crippen molar-refractivity contribution in [2.45, 2.75) is 0 Å². The van der Waals surface area contributed by atoms with Crippen LogP contribution in [0.4, 0.5) is 0 Å². The summed E-state index contributed by atoms with van der Waals surface area (Å²) in [5.74, 6) is 0. The molecule has 60 valence electrons. The summed E-state index contributed by atoms with van der Waals surface area (Å²) < 4.78 is 0. The van der Waals surface area contributed by atoms with Gasteiger partial charge in [-0.1, -0.05) is 48.2 Å². The topological polar surface area (TPSA) is 49.9 Å². The number of rotatable bonds is 0. The van der Waals surface area contributed by atoms with Crippen molar-refractivity contribution < 1.29 is 0 Å². The zero-order valence-electron chi connectivity index (χ0n) is 6.45. The van der Waals surface area contributed by atoms with Crippen molar-refractivity contribution >= 4 is 16.9 Å². The van der Waals surface area contributed by atoms with Crippen molar-refractivity contribution in [1.82, 2.24) is 0 Å². The Balaban J connectivity index is 0.000000187. The minimum atomic E-state index is 0.171. The van der Waals surface area contributed by atoms with Gasteiger partial charge in [0.15, 0.2) is 5.17 Å². The predicted molar refractivity (Wildman–Crippen MR) is 51.9 cm³/mol. The molecule has 1 aromatic carbocycles. The highest BCUT2D eigenvalue weighted by Gasteiger charge is 1.71. The summed E-state index contributed by atoms with van der Waals surface area (Å²) in [5, 5.41) is 6.66. The van der Waals surface area contributed by atoms with Crippen molar-refractivity contribution in [1.29, 1.82) is 5.41 Å². The van der Waals surface area contributed by atoms with Crippen LogP contribution >= 0.6 is 11.8 Å². The number of hydrogen-bond donors (Lipinski definition) is 2. The van der Waals surface area contributed by atoms with Crippen LogP contribution in [-0.2, 0) is 0 Å². The lowest BCUT2D eigenvalue weighted by Crippen LogP contribution is -2.01. The van der Waals surface area contributed by atoms with Gasteiger partial charge in [-0.15, -0.1) is 0 Å². The van der Waals surface area contributed by atoms with Crippen molar-refractivity contribution in [2.75, 3.05) is 6.26 Å². The van der Waals surface area contributed by atoms with Gasteiger partial charge in [0, 0.05) is 0 Å². The first-order valence-corrected chi connectivity index (χ1v) is 4.38. The second-order valence-corrected chi connectivity index (χ2v) is 2.57. The van der Waals surface area contributed by atoms with E-state index in [2.05, 4.69) is 0 Å². The molecule has 0 saturated heterocycles. The van der Waals surface area contributed by atoms with E-state index >= 15 is 0 Å². The van der Waals surface area contributed by atoms with Crippen LogP contribution in [0.15, 0.2) is 36.4 Å². The minimum absolute atomic E-state index is 0.171. The van der Waals surface area contributed by atoms with E-state index in [0.717, 1.165) is 0 Å². The minimum Gasteiger partial charge on any atom is -0.379 e. The number of nitrogens with two attached hydrogens (primary N) is 1. The number of nitrogens with one attached hydrogen (secondary N) is 1. The lowest BCUT2D eigenvalue weighted by molar-refractivity contribution is 1.51. The second-order valence-electron chi connectivity index (χ2n) is 1.72. The normalized spacial score (nSPS) is 7.73. The van der Waals surface area contributed by atoms with Crippen LogP contribution in [0.3, 0.4) is 0 Å². The molecular weight excluding hydrogens is 156 g/mol. The van der Waals surface area contributed by atoms with E-state index in [9.17, 15) is 0 Å². The summed E-state index contributed by atoms with van der Waals surface area (Å²) in [7, 11) is 0. The number of amidine groups is 1. The molecule has 0 saturated carbocycles. The molecule has 0 spiro atoms. The summed E-state index contributed by atoms with van der Waals surface area (Å²) in [5.41, 5.74) is 4.84. The maximum atomic E-state index is 6.48. The Kier molecular flexibility index (Phi) is 6.53. The van der Waals surface area contributed by atoms with Gasteiger partial charge in [0.25, 0.3) is 0 Å². The molecule has 0 aromatic heterocycles. The average Bonchev–Trinajstić information content (AvgIpc) is 2.09. The van der Waals surface area contributed by atoms with Gasteiger partial charge in [-0.25, -0.2) is 0 Å².